The summed E-state index contributed by atoms with van der Waals surface area (Å²) in [5.41, 5.74) is 8.36. The lowest BCUT2D eigenvalue weighted by Gasteiger charge is -2.06. The minimum absolute atomic E-state index is 0.545. The van der Waals surface area contributed by atoms with E-state index in [-0.39, 0.29) is 0 Å². The molecule has 0 unspecified atom stereocenters. The lowest BCUT2D eigenvalue weighted by Crippen LogP contribution is -2.02. The molecule has 0 atom stereocenters. The van der Waals surface area contributed by atoms with E-state index >= 15 is 0 Å². The topological polar surface area (TPSA) is 64.1 Å². The van der Waals surface area contributed by atoms with Crippen LogP contribution in [0.3, 0.4) is 0 Å². The fourth-order valence-corrected chi connectivity index (χ4v) is 1.44. The van der Waals surface area contributed by atoms with Gasteiger partial charge in [-0.1, -0.05) is 12.1 Å². The first-order chi connectivity index (χ1) is 7.66. The number of nitrogens with zero attached hydrogens (tertiary/aromatic N) is 1. The van der Waals surface area contributed by atoms with Crippen LogP contribution in [0.5, 0.6) is 0 Å². The Hall–Kier alpha value is -1.97. The van der Waals surface area contributed by atoms with Gasteiger partial charge in [-0.15, -0.1) is 0 Å². The molecule has 84 valence electrons. The van der Waals surface area contributed by atoms with Crippen molar-refractivity contribution in [3.05, 3.63) is 41.6 Å². The van der Waals surface area contributed by atoms with Crippen LogP contribution in [-0.2, 0) is 6.54 Å². The number of nitrogen functional groups attached to an aromatic ring is 1. The van der Waals surface area contributed by atoms with E-state index in [1.807, 2.05) is 38.1 Å². The molecule has 0 radical (unpaired) electrons. The molecule has 0 fully saturated rings. The molecule has 0 aliphatic carbocycles. The van der Waals surface area contributed by atoms with Crippen molar-refractivity contribution in [3.63, 3.8) is 0 Å². The third-order valence-electron chi connectivity index (χ3n) is 2.46. The Morgan fingerprint density at radius 3 is 2.69 bits per heavy atom. The van der Waals surface area contributed by atoms with E-state index in [2.05, 4.69) is 10.3 Å². The molecule has 0 aliphatic heterocycles. The maximum absolute atomic E-state index is 5.81. The molecule has 0 saturated heterocycles. The Labute approximate surface area is 94.5 Å². The summed E-state index contributed by atoms with van der Waals surface area (Å²) < 4.78 is 5.46. The van der Waals surface area contributed by atoms with E-state index in [0.29, 0.717) is 12.4 Å². The van der Waals surface area contributed by atoms with Crippen molar-refractivity contribution < 1.29 is 4.42 Å². The fraction of sp³-hybridized carbons (Fsp3) is 0.250. The van der Waals surface area contributed by atoms with Crippen molar-refractivity contribution in [1.29, 1.82) is 0 Å². The maximum Gasteiger partial charge on any atom is 0.213 e. The SMILES string of the molecule is Cc1nc(CNc2ccccc2N)oc1C. The molecule has 4 heteroatoms. The van der Waals surface area contributed by atoms with Gasteiger partial charge in [0.15, 0.2) is 0 Å². The second kappa shape index (κ2) is 4.26. The van der Waals surface area contributed by atoms with Gasteiger partial charge in [-0.05, 0) is 26.0 Å². The number of benzene rings is 1. The number of nitrogens with two attached hydrogens (primary N) is 1. The number of rotatable bonds is 3. The van der Waals surface area contributed by atoms with Crippen molar-refractivity contribution in [2.75, 3.05) is 11.1 Å². The van der Waals surface area contributed by atoms with E-state index in [0.717, 1.165) is 22.8 Å². The number of anilines is 2. The molecule has 4 nitrogen and oxygen atoms in total. The zero-order valence-electron chi connectivity index (χ0n) is 9.45. The second-order valence-corrected chi connectivity index (χ2v) is 3.69. The van der Waals surface area contributed by atoms with Gasteiger partial charge in [0.25, 0.3) is 0 Å². The summed E-state index contributed by atoms with van der Waals surface area (Å²) in [7, 11) is 0. The average Bonchev–Trinajstić information content (AvgIpc) is 2.57. The predicted molar refractivity (Wildman–Crippen MR) is 64.2 cm³/mol. The highest BCUT2D eigenvalue weighted by atomic mass is 16.4. The zero-order valence-corrected chi connectivity index (χ0v) is 9.45. The minimum Gasteiger partial charge on any atom is -0.444 e. The van der Waals surface area contributed by atoms with E-state index < -0.39 is 0 Å². The molecule has 0 aliphatic rings. The Morgan fingerprint density at radius 1 is 1.31 bits per heavy atom. The quantitative estimate of drug-likeness (QED) is 0.775. The van der Waals surface area contributed by atoms with Crippen LogP contribution in [0.1, 0.15) is 17.3 Å². The molecule has 2 aromatic rings. The normalized spacial score (nSPS) is 10.4. The minimum atomic E-state index is 0.545. The molecule has 1 heterocycles. The third-order valence-corrected chi connectivity index (χ3v) is 2.46. The molecule has 3 N–H and O–H groups in total. The number of oxazole rings is 1. The first-order valence-electron chi connectivity index (χ1n) is 5.18. The van der Waals surface area contributed by atoms with Crippen LogP contribution in [-0.4, -0.2) is 4.98 Å². The number of aromatic nitrogens is 1. The van der Waals surface area contributed by atoms with Crippen LogP contribution >= 0.6 is 0 Å². The van der Waals surface area contributed by atoms with Crippen LogP contribution in [0.2, 0.25) is 0 Å². The average molecular weight is 217 g/mol. The summed E-state index contributed by atoms with van der Waals surface area (Å²) in [6.45, 7) is 4.38. The summed E-state index contributed by atoms with van der Waals surface area (Å²) in [6, 6.07) is 7.62. The van der Waals surface area contributed by atoms with Gasteiger partial charge >= 0.3 is 0 Å². The van der Waals surface area contributed by atoms with Crippen molar-refractivity contribution in [2.45, 2.75) is 20.4 Å². The number of nitrogens with one attached hydrogen (secondary N) is 1. The Kier molecular flexibility index (Phi) is 2.81. The predicted octanol–water partition coefficient (Wildman–Crippen LogP) is 2.49. The molecule has 0 amide bonds. The Balaban J connectivity index is 2.05. The van der Waals surface area contributed by atoms with Crippen LogP contribution in [0.15, 0.2) is 28.7 Å². The molecular weight excluding hydrogens is 202 g/mol. The highest BCUT2D eigenvalue weighted by Gasteiger charge is 2.05. The highest BCUT2D eigenvalue weighted by Crippen LogP contribution is 2.18. The number of hydrogen-bond acceptors (Lipinski definition) is 4. The van der Waals surface area contributed by atoms with Crippen LogP contribution in [0.25, 0.3) is 0 Å². The van der Waals surface area contributed by atoms with Crippen LogP contribution in [0.4, 0.5) is 11.4 Å². The fourth-order valence-electron chi connectivity index (χ4n) is 1.44. The maximum atomic E-state index is 5.81. The smallest absolute Gasteiger partial charge is 0.213 e. The molecule has 1 aromatic heterocycles. The summed E-state index contributed by atoms with van der Waals surface area (Å²) in [6.07, 6.45) is 0. The molecular formula is C12H15N3O. The number of aryl methyl sites for hydroxylation is 2. The molecule has 1 aromatic carbocycles. The van der Waals surface area contributed by atoms with Gasteiger partial charge in [0.05, 0.1) is 23.6 Å². The largest absolute Gasteiger partial charge is 0.444 e. The summed E-state index contributed by atoms with van der Waals surface area (Å²) >= 11 is 0. The van der Waals surface area contributed by atoms with E-state index in [4.69, 9.17) is 10.2 Å². The van der Waals surface area contributed by atoms with Crippen molar-refractivity contribution in [3.8, 4) is 0 Å². The van der Waals surface area contributed by atoms with Gasteiger partial charge in [0, 0.05) is 0 Å². The molecule has 2 rings (SSSR count). The van der Waals surface area contributed by atoms with Crippen molar-refractivity contribution >= 4 is 11.4 Å². The standard InChI is InChI=1S/C12H15N3O/c1-8-9(2)16-12(15-8)7-14-11-6-4-3-5-10(11)13/h3-6,14H,7,13H2,1-2H3. The van der Waals surface area contributed by atoms with E-state index in [1.54, 1.807) is 0 Å². The van der Waals surface area contributed by atoms with Gasteiger partial charge < -0.3 is 15.5 Å². The van der Waals surface area contributed by atoms with Crippen LogP contribution in [0, 0.1) is 13.8 Å². The lowest BCUT2D eigenvalue weighted by molar-refractivity contribution is 0.478. The van der Waals surface area contributed by atoms with Crippen LogP contribution < -0.4 is 11.1 Å². The van der Waals surface area contributed by atoms with Crippen molar-refractivity contribution in [2.24, 2.45) is 0 Å². The molecule has 0 bridgehead atoms. The van der Waals surface area contributed by atoms with Gasteiger partial charge in [-0.25, -0.2) is 4.98 Å². The monoisotopic (exact) mass is 217 g/mol. The third kappa shape index (κ3) is 2.16. The summed E-state index contributed by atoms with van der Waals surface area (Å²) in [4.78, 5) is 4.28. The Morgan fingerprint density at radius 2 is 2.06 bits per heavy atom. The first-order valence-corrected chi connectivity index (χ1v) is 5.18. The summed E-state index contributed by atoms with van der Waals surface area (Å²) in [5.74, 6) is 1.54. The number of para-hydroxylation sites is 2. The first kappa shape index (κ1) is 10.5. The molecule has 0 saturated carbocycles. The number of hydrogen-bond donors (Lipinski definition) is 2. The lowest BCUT2D eigenvalue weighted by atomic mass is 10.3. The van der Waals surface area contributed by atoms with E-state index in [9.17, 15) is 0 Å². The van der Waals surface area contributed by atoms with Crippen molar-refractivity contribution in [1.82, 2.24) is 4.98 Å². The van der Waals surface area contributed by atoms with Gasteiger partial charge in [0.2, 0.25) is 5.89 Å². The second-order valence-electron chi connectivity index (χ2n) is 3.69. The van der Waals surface area contributed by atoms with Gasteiger partial charge in [0.1, 0.15) is 5.76 Å². The zero-order chi connectivity index (χ0) is 11.5. The molecule has 16 heavy (non-hydrogen) atoms. The Bertz CT molecular complexity index is 471. The molecule has 0 spiro atoms. The van der Waals surface area contributed by atoms with Gasteiger partial charge in [-0.2, -0.15) is 0 Å². The highest BCUT2D eigenvalue weighted by molar-refractivity contribution is 5.65. The van der Waals surface area contributed by atoms with E-state index in [1.165, 1.54) is 0 Å². The summed E-state index contributed by atoms with van der Waals surface area (Å²) in [5, 5.41) is 3.19. The van der Waals surface area contributed by atoms with Gasteiger partial charge in [-0.3, -0.25) is 0 Å².